The standard InChI is InChI=1S/C17H17N3O3S/c21-15(7-11-8-18-14-4-2-1-3-13(11)14)19-6-5-12(9-19)20-16(22)10-24-17(20)23/h1-4,8,12,18H,5-7,9-10H2/t12-/m1/s1. The van der Waals surface area contributed by atoms with Crippen LogP contribution in [-0.2, 0) is 16.0 Å². The number of hydrogen-bond donors (Lipinski definition) is 1. The predicted octanol–water partition coefficient (Wildman–Crippen LogP) is 2.01. The molecule has 7 heteroatoms. The minimum Gasteiger partial charge on any atom is -0.361 e. The molecule has 2 aromatic rings. The van der Waals surface area contributed by atoms with Gasteiger partial charge >= 0.3 is 0 Å². The maximum Gasteiger partial charge on any atom is 0.289 e. The third kappa shape index (κ3) is 2.58. The van der Waals surface area contributed by atoms with E-state index >= 15 is 0 Å². The molecule has 1 aromatic heterocycles. The molecule has 2 aliphatic heterocycles. The third-order valence-electron chi connectivity index (χ3n) is 4.68. The average molecular weight is 343 g/mol. The van der Waals surface area contributed by atoms with Crippen molar-refractivity contribution < 1.29 is 14.4 Å². The van der Waals surface area contributed by atoms with E-state index in [4.69, 9.17) is 0 Å². The molecular weight excluding hydrogens is 326 g/mol. The Hall–Kier alpha value is -2.28. The summed E-state index contributed by atoms with van der Waals surface area (Å²) in [4.78, 5) is 42.5. The number of imide groups is 1. The number of aromatic amines is 1. The van der Waals surface area contributed by atoms with Crippen molar-refractivity contribution in [2.75, 3.05) is 18.8 Å². The van der Waals surface area contributed by atoms with Crippen LogP contribution in [-0.4, -0.2) is 56.7 Å². The first-order chi connectivity index (χ1) is 11.6. The fourth-order valence-electron chi connectivity index (χ4n) is 3.45. The van der Waals surface area contributed by atoms with Crippen molar-refractivity contribution in [3.05, 3.63) is 36.0 Å². The number of thioether (sulfide) groups is 1. The Morgan fingerprint density at radius 3 is 2.92 bits per heavy atom. The first-order valence-corrected chi connectivity index (χ1v) is 8.93. The molecular formula is C17H17N3O3S. The van der Waals surface area contributed by atoms with Gasteiger partial charge in [-0.15, -0.1) is 0 Å². The summed E-state index contributed by atoms with van der Waals surface area (Å²) in [6, 6.07) is 7.72. The van der Waals surface area contributed by atoms with Gasteiger partial charge in [0.15, 0.2) is 0 Å². The van der Waals surface area contributed by atoms with Gasteiger partial charge < -0.3 is 9.88 Å². The van der Waals surface area contributed by atoms with E-state index in [0.717, 1.165) is 28.2 Å². The zero-order valence-corrected chi connectivity index (χ0v) is 13.8. The number of fused-ring (bicyclic) bond motifs is 1. The van der Waals surface area contributed by atoms with Crippen LogP contribution >= 0.6 is 11.8 Å². The zero-order chi connectivity index (χ0) is 16.7. The minimum atomic E-state index is -0.184. The van der Waals surface area contributed by atoms with Crippen LogP contribution < -0.4 is 0 Å². The van der Waals surface area contributed by atoms with Gasteiger partial charge in [-0.25, -0.2) is 0 Å². The molecule has 0 aliphatic carbocycles. The summed E-state index contributed by atoms with van der Waals surface area (Å²) < 4.78 is 0. The van der Waals surface area contributed by atoms with E-state index in [2.05, 4.69) is 4.98 Å². The monoisotopic (exact) mass is 343 g/mol. The van der Waals surface area contributed by atoms with Gasteiger partial charge in [-0.2, -0.15) is 0 Å². The smallest absolute Gasteiger partial charge is 0.289 e. The lowest BCUT2D eigenvalue weighted by molar-refractivity contribution is -0.131. The van der Waals surface area contributed by atoms with Crippen LogP contribution in [0.15, 0.2) is 30.5 Å². The SMILES string of the molecule is O=C(Cc1c[nH]c2ccccc12)N1CC[C@@H](N2C(=O)CSC2=O)C1. The Bertz CT molecular complexity index is 815. The number of hydrogen-bond acceptors (Lipinski definition) is 4. The number of aromatic nitrogens is 1. The fraction of sp³-hybridized carbons (Fsp3) is 0.353. The van der Waals surface area contributed by atoms with Crippen molar-refractivity contribution in [1.29, 1.82) is 0 Å². The molecule has 0 spiro atoms. The maximum absolute atomic E-state index is 12.6. The molecule has 0 radical (unpaired) electrons. The Balaban J connectivity index is 1.44. The first-order valence-electron chi connectivity index (χ1n) is 7.95. The molecule has 0 unspecified atom stereocenters. The van der Waals surface area contributed by atoms with Crippen molar-refractivity contribution in [2.45, 2.75) is 18.9 Å². The molecule has 24 heavy (non-hydrogen) atoms. The molecule has 6 nitrogen and oxygen atoms in total. The zero-order valence-electron chi connectivity index (χ0n) is 13.0. The van der Waals surface area contributed by atoms with Crippen LogP contribution in [0.25, 0.3) is 10.9 Å². The quantitative estimate of drug-likeness (QED) is 0.925. The first kappa shape index (κ1) is 15.3. The van der Waals surface area contributed by atoms with E-state index in [-0.39, 0.29) is 28.8 Å². The lowest BCUT2D eigenvalue weighted by atomic mass is 10.1. The average Bonchev–Trinajstić information content (AvgIpc) is 3.28. The molecule has 0 bridgehead atoms. The molecule has 3 heterocycles. The largest absolute Gasteiger partial charge is 0.361 e. The van der Waals surface area contributed by atoms with Gasteiger partial charge in [0.2, 0.25) is 11.8 Å². The van der Waals surface area contributed by atoms with Crippen LogP contribution in [0.1, 0.15) is 12.0 Å². The summed E-state index contributed by atoms with van der Waals surface area (Å²) in [6.45, 7) is 1.03. The number of nitrogens with zero attached hydrogens (tertiary/aromatic N) is 2. The summed E-state index contributed by atoms with van der Waals surface area (Å²) in [6.07, 6.45) is 2.87. The Morgan fingerprint density at radius 1 is 1.29 bits per heavy atom. The Labute approximate surface area is 143 Å². The number of rotatable bonds is 3. The molecule has 124 valence electrons. The summed E-state index contributed by atoms with van der Waals surface area (Å²) in [7, 11) is 0. The number of benzene rings is 1. The van der Waals surface area contributed by atoms with E-state index < -0.39 is 0 Å². The molecule has 2 aliphatic rings. The van der Waals surface area contributed by atoms with Crippen LogP contribution in [0.5, 0.6) is 0 Å². The molecule has 1 N–H and O–H groups in total. The number of carbonyl (C=O) groups is 3. The number of para-hydroxylation sites is 1. The fourth-order valence-corrected chi connectivity index (χ4v) is 4.22. The lowest BCUT2D eigenvalue weighted by Gasteiger charge is -2.21. The highest BCUT2D eigenvalue weighted by molar-refractivity contribution is 8.14. The summed E-state index contributed by atoms with van der Waals surface area (Å²) in [5, 5.41) is 0.874. The highest BCUT2D eigenvalue weighted by atomic mass is 32.2. The van der Waals surface area contributed by atoms with Crippen molar-refractivity contribution in [3.63, 3.8) is 0 Å². The number of carbonyl (C=O) groups excluding carboxylic acids is 3. The second-order valence-corrected chi connectivity index (χ2v) is 7.06. The molecule has 3 amide bonds. The predicted molar refractivity (Wildman–Crippen MR) is 91.7 cm³/mol. The number of nitrogens with one attached hydrogen (secondary N) is 1. The van der Waals surface area contributed by atoms with Crippen LogP contribution in [0.3, 0.4) is 0 Å². The van der Waals surface area contributed by atoms with Crippen molar-refractivity contribution in [2.24, 2.45) is 0 Å². The normalized spacial score (nSPS) is 21.2. The summed E-state index contributed by atoms with van der Waals surface area (Å²) >= 11 is 1.05. The summed E-state index contributed by atoms with van der Waals surface area (Å²) in [5.41, 5.74) is 1.99. The van der Waals surface area contributed by atoms with E-state index in [1.165, 1.54) is 4.90 Å². The van der Waals surface area contributed by atoms with Gasteiger partial charge in [0.05, 0.1) is 18.2 Å². The van der Waals surface area contributed by atoms with Gasteiger partial charge in [-0.1, -0.05) is 30.0 Å². The van der Waals surface area contributed by atoms with E-state index in [1.54, 1.807) is 4.90 Å². The molecule has 1 atom stereocenters. The molecule has 2 fully saturated rings. The highest BCUT2D eigenvalue weighted by Gasteiger charge is 2.40. The van der Waals surface area contributed by atoms with Gasteiger partial charge in [0, 0.05) is 30.2 Å². The van der Waals surface area contributed by atoms with Crippen molar-refractivity contribution >= 4 is 39.7 Å². The lowest BCUT2D eigenvalue weighted by Crippen LogP contribution is -2.41. The third-order valence-corrected chi connectivity index (χ3v) is 5.52. The Kier molecular flexibility index (Phi) is 3.80. The van der Waals surface area contributed by atoms with E-state index in [1.807, 2.05) is 30.5 Å². The number of amides is 3. The van der Waals surface area contributed by atoms with Gasteiger partial charge in [0.1, 0.15) is 0 Å². The highest BCUT2D eigenvalue weighted by Crippen LogP contribution is 2.27. The van der Waals surface area contributed by atoms with E-state index in [0.29, 0.717) is 25.9 Å². The van der Waals surface area contributed by atoms with Gasteiger partial charge in [-0.05, 0) is 18.1 Å². The maximum atomic E-state index is 12.6. The molecule has 0 saturated carbocycles. The van der Waals surface area contributed by atoms with Crippen LogP contribution in [0.4, 0.5) is 4.79 Å². The van der Waals surface area contributed by atoms with Crippen LogP contribution in [0.2, 0.25) is 0 Å². The second-order valence-electron chi connectivity index (χ2n) is 6.14. The van der Waals surface area contributed by atoms with E-state index in [9.17, 15) is 14.4 Å². The van der Waals surface area contributed by atoms with Crippen LogP contribution in [0, 0.1) is 0 Å². The van der Waals surface area contributed by atoms with Crippen molar-refractivity contribution in [3.8, 4) is 0 Å². The number of H-pyrrole nitrogens is 1. The topological polar surface area (TPSA) is 73.5 Å². The Morgan fingerprint density at radius 2 is 2.12 bits per heavy atom. The van der Waals surface area contributed by atoms with Crippen molar-refractivity contribution in [1.82, 2.24) is 14.8 Å². The minimum absolute atomic E-state index is 0.0361. The molecule has 4 rings (SSSR count). The molecule has 2 saturated heterocycles. The second kappa shape index (κ2) is 5.98. The molecule has 1 aromatic carbocycles. The van der Waals surface area contributed by atoms with Gasteiger partial charge in [0.25, 0.3) is 5.24 Å². The number of likely N-dealkylation sites (tertiary alicyclic amines) is 1. The van der Waals surface area contributed by atoms with Gasteiger partial charge in [-0.3, -0.25) is 19.3 Å². The summed E-state index contributed by atoms with van der Waals surface area (Å²) in [5.74, 6) is 0.119.